The van der Waals surface area contributed by atoms with Crippen LogP contribution in [-0.4, -0.2) is 57.0 Å². The van der Waals surface area contributed by atoms with Crippen molar-refractivity contribution in [3.63, 3.8) is 0 Å². The van der Waals surface area contributed by atoms with Crippen molar-refractivity contribution in [3.8, 4) is 0 Å². The third kappa shape index (κ3) is 5.65. The van der Waals surface area contributed by atoms with Gasteiger partial charge in [-0.2, -0.15) is 4.31 Å². The smallest absolute Gasteiger partial charge is 0.309 e. The van der Waals surface area contributed by atoms with Gasteiger partial charge in [-0.15, -0.1) is 0 Å². The Hall–Kier alpha value is -2.75. The Balaban J connectivity index is 1.44. The van der Waals surface area contributed by atoms with E-state index in [9.17, 15) is 18.0 Å². The fraction of sp³-hybridized carbons (Fsp3) is 0.333. The van der Waals surface area contributed by atoms with Gasteiger partial charge in [0.05, 0.1) is 18.0 Å². The minimum absolute atomic E-state index is 0.109. The number of aryl methyl sites for hydroxylation is 1. The van der Waals surface area contributed by atoms with Crippen LogP contribution in [0.2, 0.25) is 0 Å². The number of amides is 2. The number of benzene rings is 2. The van der Waals surface area contributed by atoms with E-state index in [1.807, 2.05) is 30.3 Å². The summed E-state index contributed by atoms with van der Waals surface area (Å²) in [5, 5.41) is 5.03. The zero-order valence-electron chi connectivity index (χ0n) is 16.5. The number of nitrogens with one attached hydrogen (secondary N) is 2. The Kier molecular flexibility index (Phi) is 7.56. The molecule has 0 spiro atoms. The van der Waals surface area contributed by atoms with Gasteiger partial charge in [-0.25, -0.2) is 8.42 Å². The van der Waals surface area contributed by atoms with Crippen LogP contribution in [0.1, 0.15) is 12.0 Å². The van der Waals surface area contributed by atoms with E-state index in [0.29, 0.717) is 13.0 Å². The van der Waals surface area contributed by atoms with Crippen molar-refractivity contribution in [1.82, 2.24) is 14.9 Å². The van der Waals surface area contributed by atoms with Crippen molar-refractivity contribution < 1.29 is 22.7 Å². The summed E-state index contributed by atoms with van der Waals surface area (Å²) in [5.74, 6) is -1.57. The molecule has 2 aromatic carbocycles. The molecule has 1 aliphatic heterocycles. The van der Waals surface area contributed by atoms with E-state index in [4.69, 9.17) is 4.74 Å². The lowest BCUT2D eigenvalue weighted by Crippen LogP contribution is -2.47. The summed E-state index contributed by atoms with van der Waals surface area (Å²) in [6.07, 6.45) is 0.646. The number of sulfonamides is 1. The molecular formula is C21H25N3O5S. The first kappa shape index (κ1) is 21.9. The Labute approximate surface area is 176 Å². The van der Waals surface area contributed by atoms with Crippen molar-refractivity contribution in [3.05, 3.63) is 66.2 Å². The molecule has 0 bridgehead atoms. The largest absolute Gasteiger partial charge is 0.359 e. The average molecular weight is 432 g/mol. The summed E-state index contributed by atoms with van der Waals surface area (Å²) in [4.78, 5) is 24.2. The van der Waals surface area contributed by atoms with Crippen LogP contribution in [-0.2, 0) is 30.8 Å². The van der Waals surface area contributed by atoms with Gasteiger partial charge in [0.1, 0.15) is 6.23 Å². The molecule has 9 heteroatoms. The van der Waals surface area contributed by atoms with Gasteiger partial charge in [0.2, 0.25) is 10.0 Å². The van der Waals surface area contributed by atoms with Crippen molar-refractivity contribution >= 4 is 21.8 Å². The summed E-state index contributed by atoms with van der Waals surface area (Å²) >= 11 is 0. The number of carbonyl (C=O) groups is 2. The minimum atomic E-state index is -3.74. The van der Waals surface area contributed by atoms with Gasteiger partial charge in [0.15, 0.2) is 0 Å². The normalized spacial score (nSPS) is 16.9. The highest BCUT2D eigenvalue weighted by Gasteiger charge is 2.36. The predicted molar refractivity (Wildman–Crippen MR) is 111 cm³/mol. The molecule has 3 rings (SSSR count). The first-order valence-corrected chi connectivity index (χ1v) is 11.2. The molecule has 1 saturated heterocycles. The molecule has 30 heavy (non-hydrogen) atoms. The van der Waals surface area contributed by atoms with Crippen molar-refractivity contribution in [1.29, 1.82) is 0 Å². The van der Waals surface area contributed by atoms with Crippen LogP contribution in [0.25, 0.3) is 0 Å². The monoisotopic (exact) mass is 431 g/mol. The zero-order chi connectivity index (χ0) is 21.4. The Morgan fingerprint density at radius 1 is 0.967 bits per heavy atom. The van der Waals surface area contributed by atoms with Gasteiger partial charge < -0.3 is 15.4 Å². The molecule has 1 atom stereocenters. The molecule has 1 fully saturated rings. The van der Waals surface area contributed by atoms with Crippen LogP contribution < -0.4 is 10.6 Å². The van der Waals surface area contributed by atoms with Gasteiger partial charge in [0, 0.05) is 13.1 Å². The van der Waals surface area contributed by atoms with E-state index in [1.165, 1.54) is 16.4 Å². The van der Waals surface area contributed by atoms with Crippen LogP contribution in [0, 0.1) is 0 Å². The lowest BCUT2D eigenvalue weighted by atomic mass is 10.1. The summed E-state index contributed by atoms with van der Waals surface area (Å²) in [5.41, 5.74) is 1.16. The molecule has 2 N–H and O–H groups in total. The number of hydrogen-bond donors (Lipinski definition) is 2. The number of nitrogens with zero attached hydrogens (tertiary/aromatic N) is 1. The molecule has 160 valence electrons. The second kappa shape index (κ2) is 10.3. The molecule has 2 amide bonds. The molecule has 0 aromatic heterocycles. The first-order chi connectivity index (χ1) is 14.5. The fourth-order valence-electron chi connectivity index (χ4n) is 3.15. The van der Waals surface area contributed by atoms with E-state index in [1.54, 1.807) is 18.2 Å². The van der Waals surface area contributed by atoms with E-state index in [0.717, 1.165) is 12.0 Å². The van der Waals surface area contributed by atoms with E-state index in [-0.39, 0.29) is 24.6 Å². The molecule has 0 radical (unpaired) electrons. The number of rotatable bonds is 8. The van der Waals surface area contributed by atoms with Crippen LogP contribution in [0.15, 0.2) is 65.6 Å². The van der Waals surface area contributed by atoms with Gasteiger partial charge in [-0.3, -0.25) is 9.59 Å². The molecular weight excluding hydrogens is 406 g/mol. The Morgan fingerprint density at radius 2 is 1.60 bits per heavy atom. The molecule has 1 heterocycles. The van der Waals surface area contributed by atoms with Gasteiger partial charge >= 0.3 is 11.8 Å². The van der Waals surface area contributed by atoms with Crippen LogP contribution in [0.5, 0.6) is 0 Å². The van der Waals surface area contributed by atoms with Crippen LogP contribution >= 0.6 is 0 Å². The second-order valence-electron chi connectivity index (χ2n) is 6.81. The summed E-state index contributed by atoms with van der Waals surface area (Å²) < 4.78 is 32.2. The Bertz CT molecular complexity index is 951. The van der Waals surface area contributed by atoms with E-state index < -0.39 is 28.1 Å². The highest BCUT2D eigenvalue weighted by atomic mass is 32.2. The highest BCUT2D eigenvalue weighted by Crippen LogP contribution is 2.21. The maximum absolute atomic E-state index is 12.8. The maximum Gasteiger partial charge on any atom is 0.309 e. The quantitative estimate of drug-likeness (QED) is 0.477. The second-order valence-corrected chi connectivity index (χ2v) is 8.70. The van der Waals surface area contributed by atoms with Crippen molar-refractivity contribution in [2.45, 2.75) is 24.0 Å². The molecule has 1 aliphatic rings. The average Bonchev–Trinajstić information content (AvgIpc) is 3.26. The molecule has 0 saturated carbocycles. The Morgan fingerprint density at radius 3 is 2.30 bits per heavy atom. The van der Waals surface area contributed by atoms with E-state index >= 15 is 0 Å². The molecule has 0 aliphatic carbocycles. The lowest BCUT2D eigenvalue weighted by Gasteiger charge is -2.22. The van der Waals surface area contributed by atoms with Gasteiger partial charge in [0.25, 0.3) is 0 Å². The predicted octanol–water partition coefficient (Wildman–Crippen LogP) is 0.899. The first-order valence-electron chi connectivity index (χ1n) is 9.77. The van der Waals surface area contributed by atoms with Crippen molar-refractivity contribution in [2.75, 3.05) is 26.2 Å². The molecule has 2 aromatic rings. The zero-order valence-corrected chi connectivity index (χ0v) is 17.3. The third-order valence-electron chi connectivity index (χ3n) is 4.71. The summed E-state index contributed by atoms with van der Waals surface area (Å²) in [6.45, 7) is 0.666. The molecule has 8 nitrogen and oxygen atoms in total. The maximum atomic E-state index is 12.8. The third-order valence-corrected chi connectivity index (χ3v) is 6.61. The standard InChI is InChI=1S/C21H25N3O5S/c25-20(22-13-7-10-17-8-3-1-4-9-17)21(26)23-16-19-24(14-15-29-19)30(27,28)18-11-5-2-6-12-18/h1-6,8-9,11-12,19H,7,10,13-16H2,(H,22,25)(H,23,26)/t19-/m0/s1. The van der Waals surface area contributed by atoms with Gasteiger partial charge in [-0.1, -0.05) is 48.5 Å². The minimum Gasteiger partial charge on any atom is -0.359 e. The summed E-state index contributed by atoms with van der Waals surface area (Å²) in [7, 11) is -3.74. The van der Waals surface area contributed by atoms with Crippen LogP contribution in [0.4, 0.5) is 0 Å². The number of hydrogen-bond acceptors (Lipinski definition) is 5. The molecule has 0 unspecified atom stereocenters. The van der Waals surface area contributed by atoms with E-state index in [2.05, 4.69) is 10.6 Å². The number of carbonyl (C=O) groups excluding carboxylic acids is 2. The lowest BCUT2D eigenvalue weighted by molar-refractivity contribution is -0.139. The fourth-order valence-corrected chi connectivity index (χ4v) is 4.68. The van der Waals surface area contributed by atoms with Gasteiger partial charge in [-0.05, 0) is 30.5 Å². The van der Waals surface area contributed by atoms with Crippen molar-refractivity contribution in [2.24, 2.45) is 0 Å². The number of ether oxygens (including phenoxy) is 1. The van der Waals surface area contributed by atoms with Crippen LogP contribution in [0.3, 0.4) is 0 Å². The SMILES string of the molecule is O=C(NCCCc1ccccc1)C(=O)NC[C@@H]1OCCN1S(=O)(=O)c1ccccc1. The topological polar surface area (TPSA) is 105 Å². The summed E-state index contributed by atoms with van der Waals surface area (Å²) in [6, 6.07) is 17.9. The highest BCUT2D eigenvalue weighted by molar-refractivity contribution is 7.89.